The van der Waals surface area contributed by atoms with Gasteiger partial charge in [-0.1, -0.05) is 225 Å². The molecule has 15 rings (SSSR count). The number of thioether (sulfide) groups is 2. The number of aromatic nitrogens is 2. The summed E-state index contributed by atoms with van der Waals surface area (Å²) in [6.45, 7) is 13.6. The monoisotopic (exact) mass is 1400 g/mol. The second-order valence-electron chi connectivity index (χ2n) is 24.3. The van der Waals surface area contributed by atoms with Gasteiger partial charge in [0, 0.05) is 56.2 Å². The first kappa shape index (κ1) is 62.6. The van der Waals surface area contributed by atoms with Crippen molar-refractivity contribution in [1.82, 2.24) is 18.5 Å². The lowest BCUT2D eigenvalue weighted by Crippen LogP contribution is -2.29. The molecule has 5 aromatic carbocycles. The molecule has 0 radical (unpaired) electrons. The summed E-state index contributed by atoms with van der Waals surface area (Å²) in [7, 11) is 0. The molecule has 5 aromatic heterocycles. The van der Waals surface area contributed by atoms with Gasteiger partial charge in [-0.05, 0) is 124 Å². The number of hydrogen-bond donors (Lipinski definition) is 2. The van der Waals surface area contributed by atoms with Crippen molar-refractivity contribution >= 4 is 182 Å². The highest BCUT2D eigenvalue weighted by molar-refractivity contribution is 8.27. The number of unbranched alkanes of at least 4 members (excludes halogenated alkanes) is 5. The number of hydrogen-bond acceptors (Lipinski definition) is 16. The largest absolute Gasteiger partial charge is 0.298 e. The van der Waals surface area contributed by atoms with E-state index in [9.17, 15) is 15.0 Å². The predicted octanol–water partition coefficient (Wildman–Crippen LogP) is 20.9. The number of allylic oxidation sites excluding steroid dienone is 5. The summed E-state index contributed by atoms with van der Waals surface area (Å²) in [5, 5.41) is 9.89. The number of thiocarbonyl (C=S) groups is 2. The Labute approximate surface area is 586 Å². The van der Waals surface area contributed by atoms with Crippen LogP contribution in [-0.4, -0.2) is 63.5 Å². The van der Waals surface area contributed by atoms with Crippen molar-refractivity contribution in [1.29, 1.82) is 5.41 Å². The molecule has 5 aliphatic rings. The molecule has 1 N–H and O–H groups in total. The molecule has 1 unspecified atom stereocenters. The fraction of sp³-hybridized carbons (Fsp3) is 0.227. The summed E-state index contributed by atoms with van der Waals surface area (Å²) >= 11 is 27.0. The lowest BCUT2D eigenvalue weighted by atomic mass is 9.67. The second kappa shape index (κ2) is 24.9. The third-order valence-corrected chi connectivity index (χ3v) is 27.5. The van der Waals surface area contributed by atoms with E-state index in [-0.39, 0.29) is 17.5 Å². The molecule has 10 aromatic rings. The van der Waals surface area contributed by atoms with E-state index in [1.807, 2.05) is 66.1 Å². The second-order valence-corrected chi connectivity index (χ2v) is 32.6. The van der Waals surface area contributed by atoms with Crippen LogP contribution in [0.15, 0.2) is 159 Å². The Morgan fingerprint density at radius 2 is 1.05 bits per heavy atom. The van der Waals surface area contributed by atoms with Crippen LogP contribution in [-0.2, 0) is 26.8 Å². The summed E-state index contributed by atoms with van der Waals surface area (Å²) in [6, 6.07) is 46.4. The van der Waals surface area contributed by atoms with Crippen molar-refractivity contribution in [3.63, 3.8) is 0 Å². The minimum Gasteiger partial charge on any atom is -0.298 e. The van der Waals surface area contributed by atoms with Gasteiger partial charge in [0.05, 0.1) is 67.0 Å². The minimum atomic E-state index is -0.764. The van der Waals surface area contributed by atoms with Crippen molar-refractivity contribution < 1.29 is 9.59 Å². The van der Waals surface area contributed by atoms with E-state index in [1.165, 1.54) is 169 Å². The summed E-state index contributed by atoms with van der Waals surface area (Å²) in [6.07, 6.45) is 16.2. The average Bonchev–Trinajstić information content (AvgIpc) is 1.49. The number of thiophene rings is 4. The first-order valence-electron chi connectivity index (χ1n) is 31.4. The topological polar surface area (TPSA) is 103 Å². The Balaban J connectivity index is 0.965. The van der Waals surface area contributed by atoms with Gasteiger partial charge in [0.25, 0.3) is 11.8 Å². The van der Waals surface area contributed by atoms with Crippen molar-refractivity contribution in [2.24, 2.45) is 4.40 Å². The van der Waals surface area contributed by atoms with Crippen LogP contribution >= 0.6 is 118 Å². The maximum Gasteiger partial charge on any atom is 0.266 e. The number of carbonyl (C=O) groups excluding carboxylic acids is 2. The number of thiol groups is 1. The number of carbonyl (C=O) groups is 2. The van der Waals surface area contributed by atoms with E-state index in [0.29, 0.717) is 42.8 Å². The zero-order valence-electron chi connectivity index (χ0n) is 51.9. The van der Waals surface area contributed by atoms with Crippen molar-refractivity contribution in [2.45, 2.75) is 97.3 Å². The zero-order chi connectivity index (χ0) is 64.2. The Kier molecular flexibility index (Phi) is 16.7. The summed E-state index contributed by atoms with van der Waals surface area (Å²) < 4.78 is 18.0. The number of nitrogens with one attached hydrogen (secondary N) is 1. The van der Waals surface area contributed by atoms with E-state index in [0.717, 1.165) is 43.9 Å². The van der Waals surface area contributed by atoms with Crippen molar-refractivity contribution in [3.05, 3.63) is 232 Å². The zero-order valence-corrected chi connectivity index (χ0v) is 60.1. The predicted molar refractivity (Wildman–Crippen MR) is 409 cm³/mol. The molecule has 18 heteroatoms. The number of likely N-dealkylation sites (N-methyl/N-ethyl adjacent to an activating group) is 2. The number of rotatable bonds is 17. The maximum absolute atomic E-state index is 13.5. The van der Waals surface area contributed by atoms with Gasteiger partial charge in [-0.3, -0.25) is 24.8 Å². The number of fused-ring (bicyclic) bond motifs is 10. The fourth-order valence-corrected chi connectivity index (χ4v) is 23.6. The van der Waals surface area contributed by atoms with Crippen LogP contribution in [0.5, 0.6) is 0 Å². The molecular formula is C75H62N6O2S10. The van der Waals surface area contributed by atoms with Crippen LogP contribution in [0.1, 0.15) is 136 Å². The highest BCUT2D eigenvalue weighted by atomic mass is 32.2. The van der Waals surface area contributed by atoms with E-state index in [1.54, 1.807) is 27.2 Å². The number of benzene rings is 5. The lowest BCUT2D eigenvalue weighted by molar-refractivity contribution is -0.122. The molecule has 2 amide bonds. The first-order valence-corrected chi connectivity index (χ1v) is 38.3. The molecule has 3 aliphatic carbocycles. The van der Waals surface area contributed by atoms with Crippen LogP contribution in [0.4, 0.5) is 0 Å². The first-order chi connectivity index (χ1) is 45.2. The molecule has 2 fully saturated rings. The summed E-state index contributed by atoms with van der Waals surface area (Å²) in [4.78, 5) is 38.4. The van der Waals surface area contributed by atoms with Gasteiger partial charge < -0.3 is 0 Å². The average molecular weight is 1400 g/mol. The summed E-state index contributed by atoms with van der Waals surface area (Å²) in [5.41, 5.74) is 18.7. The molecule has 464 valence electrons. The molecule has 1 atom stereocenters. The highest BCUT2D eigenvalue weighted by Crippen LogP contribution is 2.70. The van der Waals surface area contributed by atoms with Gasteiger partial charge in [0.15, 0.2) is 0 Å². The van der Waals surface area contributed by atoms with Crippen LogP contribution in [0.25, 0.3) is 62.0 Å². The number of amides is 2. The van der Waals surface area contributed by atoms with E-state index >= 15 is 0 Å². The molecule has 8 nitrogen and oxygen atoms in total. The van der Waals surface area contributed by atoms with E-state index in [4.69, 9.17) is 33.2 Å². The third kappa shape index (κ3) is 10.0. The Morgan fingerprint density at radius 3 is 1.57 bits per heavy atom. The smallest absolute Gasteiger partial charge is 0.266 e. The molecule has 2 aliphatic heterocycles. The van der Waals surface area contributed by atoms with Crippen LogP contribution in [0, 0.1) is 26.2 Å². The number of aryl methyl sites for hydroxylation is 4. The fourth-order valence-electron chi connectivity index (χ4n) is 14.2. The summed E-state index contributed by atoms with van der Waals surface area (Å²) in [5.74, 6) is -0.220. The normalized spacial score (nSPS) is 18.7. The molecule has 0 bridgehead atoms. The maximum atomic E-state index is 13.5. The van der Waals surface area contributed by atoms with Crippen molar-refractivity contribution in [3.8, 4) is 29.9 Å². The van der Waals surface area contributed by atoms with Crippen molar-refractivity contribution in [2.75, 3.05) is 13.1 Å². The highest BCUT2D eigenvalue weighted by Gasteiger charge is 2.55. The minimum absolute atomic E-state index is 0.0785. The van der Waals surface area contributed by atoms with Gasteiger partial charge >= 0.3 is 0 Å². The van der Waals surface area contributed by atoms with E-state index < -0.39 is 10.8 Å². The van der Waals surface area contributed by atoms with Crippen LogP contribution in [0.3, 0.4) is 0 Å². The van der Waals surface area contributed by atoms with E-state index in [2.05, 4.69) is 166 Å². The SMILES string of the molecule is CCCCCCCCc1ccc(C2(c3ccc(C)cc3)c3cc(-c4ccc(/C=C5\SC(=S)N(CC)C5=O)c5nsnc45)sc3-c3sc4c5c(sc4c32)-c2sc(C3=CC=C(/C=C4\SC(=S)N(CC)C4=O)/C(=N/S)C3=N)cc2C5(c2ccc(C)cc2)c2ccc(C)cc2)cc1. The van der Waals surface area contributed by atoms with Gasteiger partial charge in [0.1, 0.15) is 25.4 Å². The van der Waals surface area contributed by atoms with Gasteiger partial charge in [0.2, 0.25) is 0 Å². The molecule has 0 saturated carbocycles. The Bertz CT molecular complexity index is 4920. The quantitative estimate of drug-likeness (QED) is 0.0306. The van der Waals surface area contributed by atoms with Gasteiger partial charge in [-0.15, -0.1) is 45.3 Å². The molecular weight excluding hydrogens is 1340 g/mol. The molecule has 0 spiro atoms. The number of nitrogens with zero attached hydrogens (tertiary/aromatic N) is 5. The van der Waals surface area contributed by atoms with Gasteiger partial charge in [-0.25, -0.2) is 4.40 Å². The Morgan fingerprint density at radius 1 is 0.570 bits per heavy atom. The Hall–Kier alpha value is -6.55. The standard InChI is InChI=1S/C75H62N6O2S10/c1-7-10-11-12-13-14-15-43-22-32-49(33-23-43)75(48-30-20-42(6)21-31-48)53-39-55(51-35-25-45(62-63(51)79-93-78-62)37-57-71(83)81(9-3)73(85)90-57)88-65(53)67-59(75)69-68(92-67)58-66(91-69)64-52(74(58,46-26-16-40(4)17-27-46)47-28-18-41(5)19-29-47)38-54(87-64)50-34-24-44(61(77-86)60(50)76)36-56-70(82)80(8-2)72(84)89-56/h16-39,76,86H,7-15H2,1-6H3/b56-36-,57-37-,76-60?,77-61-. The molecule has 2 saturated heterocycles. The third-order valence-electron chi connectivity index (χ3n) is 18.9. The molecule has 93 heavy (non-hydrogen) atoms. The van der Waals surface area contributed by atoms with Gasteiger partial charge in [-0.2, -0.15) is 8.75 Å². The van der Waals surface area contributed by atoms with Crippen LogP contribution < -0.4 is 0 Å². The van der Waals surface area contributed by atoms with Crippen LogP contribution in [0.2, 0.25) is 0 Å². The lowest BCUT2D eigenvalue weighted by Gasteiger charge is -2.34. The molecule has 7 heterocycles.